The molecule has 2 heterocycles. The number of amides is 1. The predicted octanol–water partition coefficient (Wildman–Crippen LogP) is 0.484. The highest BCUT2D eigenvalue weighted by molar-refractivity contribution is 5.92. The second-order valence-corrected chi connectivity index (χ2v) is 4.62. The number of aromatic nitrogens is 2. The molecule has 6 heteroatoms. The first-order chi connectivity index (χ1) is 9.15. The highest BCUT2D eigenvalue weighted by Crippen LogP contribution is 2.24. The van der Waals surface area contributed by atoms with Gasteiger partial charge in [0.15, 0.2) is 0 Å². The van der Waals surface area contributed by atoms with Crippen molar-refractivity contribution >= 4 is 11.6 Å². The van der Waals surface area contributed by atoms with E-state index < -0.39 is 0 Å². The highest BCUT2D eigenvalue weighted by atomic mass is 16.2. The summed E-state index contributed by atoms with van der Waals surface area (Å²) < 4.78 is 0. The van der Waals surface area contributed by atoms with Gasteiger partial charge in [0.05, 0.1) is 0 Å². The van der Waals surface area contributed by atoms with Crippen molar-refractivity contribution in [1.82, 2.24) is 14.9 Å². The summed E-state index contributed by atoms with van der Waals surface area (Å²) in [5.41, 5.74) is 8.80. The Bertz CT molecular complexity index is 686. The molecule has 4 N–H and O–H groups in total. The topological polar surface area (TPSA) is 95.0 Å². The van der Waals surface area contributed by atoms with Crippen LogP contribution in [0, 0.1) is 0 Å². The van der Waals surface area contributed by atoms with Gasteiger partial charge in [0.2, 0.25) is 0 Å². The Labute approximate surface area is 109 Å². The van der Waals surface area contributed by atoms with Gasteiger partial charge in [0, 0.05) is 25.0 Å². The molecule has 19 heavy (non-hydrogen) atoms. The minimum Gasteiger partial charge on any atom is -0.398 e. The Morgan fingerprint density at radius 3 is 2.95 bits per heavy atom. The van der Waals surface area contributed by atoms with E-state index in [-0.39, 0.29) is 17.3 Å². The molecule has 1 aliphatic heterocycles. The number of nitrogens with two attached hydrogens (primary N) is 1. The first-order valence-electron chi connectivity index (χ1n) is 6.08. The number of anilines is 1. The maximum absolute atomic E-state index is 12.2. The summed E-state index contributed by atoms with van der Waals surface area (Å²) in [6.45, 7) is 1.12. The molecule has 1 aromatic carbocycles. The van der Waals surface area contributed by atoms with Crippen LogP contribution in [0.15, 0.2) is 29.2 Å². The molecular formula is C13H14N4O2. The molecule has 1 aromatic heterocycles. The number of H-pyrrole nitrogens is 2. The molecule has 0 atom stereocenters. The van der Waals surface area contributed by atoms with Gasteiger partial charge in [-0.1, -0.05) is 12.1 Å². The lowest BCUT2D eigenvalue weighted by Crippen LogP contribution is -2.36. The lowest BCUT2D eigenvalue weighted by atomic mass is 9.98. The molecular weight excluding hydrogens is 244 g/mol. The Balaban J connectivity index is 1.86. The average molecular weight is 258 g/mol. The van der Waals surface area contributed by atoms with Crippen LogP contribution in [0.3, 0.4) is 0 Å². The van der Waals surface area contributed by atoms with Gasteiger partial charge in [0.1, 0.15) is 5.69 Å². The van der Waals surface area contributed by atoms with E-state index in [9.17, 15) is 9.59 Å². The molecule has 1 amide bonds. The third-order valence-corrected chi connectivity index (χ3v) is 3.42. The Morgan fingerprint density at radius 2 is 2.21 bits per heavy atom. The van der Waals surface area contributed by atoms with Crippen molar-refractivity contribution in [3.8, 4) is 0 Å². The van der Waals surface area contributed by atoms with Gasteiger partial charge in [-0.3, -0.25) is 4.79 Å². The second kappa shape index (κ2) is 4.31. The quantitative estimate of drug-likeness (QED) is 0.649. The molecule has 0 saturated heterocycles. The van der Waals surface area contributed by atoms with Crippen molar-refractivity contribution in [2.75, 3.05) is 12.3 Å². The molecule has 0 bridgehead atoms. The summed E-state index contributed by atoms with van der Waals surface area (Å²) in [6, 6.07) is 5.74. The Kier molecular flexibility index (Phi) is 2.63. The van der Waals surface area contributed by atoms with E-state index in [0.29, 0.717) is 13.1 Å². The van der Waals surface area contributed by atoms with Crippen molar-refractivity contribution in [2.24, 2.45) is 0 Å². The second-order valence-electron chi connectivity index (χ2n) is 4.62. The van der Waals surface area contributed by atoms with E-state index in [1.807, 2.05) is 18.2 Å². The van der Waals surface area contributed by atoms with Gasteiger partial charge >= 0.3 is 5.69 Å². The van der Waals surface area contributed by atoms with Crippen LogP contribution in [0.5, 0.6) is 0 Å². The molecule has 0 spiro atoms. The molecule has 0 fully saturated rings. The number of carbonyl (C=O) groups is 1. The number of rotatable bonds is 1. The normalized spacial score (nSPS) is 14.2. The number of imidazole rings is 1. The standard InChI is InChI=1S/C13H14N4O2/c14-10-3-1-2-8-7-17(5-4-9(8)10)12(18)11-6-15-13(19)16-11/h1-3,6H,4-5,7,14H2,(H2,15,16,19). The summed E-state index contributed by atoms with van der Waals surface area (Å²) >= 11 is 0. The Hall–Kier alpha value is -2.50. The number of benzene rings is 1. The van der Waals surface area contributed by atoms with Crippen molar-refractivity contribution in [1.29, 1.82) is 0 Å². The van der Waals surface area contributed by atoms with Crippen LogP contribution in [-0.4, -0.2) is 27.3 Å². The van der Waals surface area contributed by atoms with E-state index in [4.69, 9.17) is 5.73 Å². The SMILES string of the molecule is Nc1cccc2c1CCN(C(=O)c1c[nH]c(=O)[nH]1)C2. The molecule has 98 valence electrons. The highest BCUT2D eigenvalue weighted by Gasteiger charge is 2.23. The number of nitrogens with zero attached hydrogens (tertiary/aromatic N) is 1. The van der Waals surface area contributed by atoms with Crippen LogP contribution < -0.4 is 11.4 Å². The van der Waals surface area contributed by atoms with E-state index in [2.05, 4.69) is 9.97 Å². The number of nitrogen functional groups attached to an aromatic ring is 1. The van der Waals surface area contributed by atoms with Crippen molar-refractivity contribution in [3.63, 3.8) is 0 Å². The van der Waals surface area contributed by atoms with Crippen LogP contribution in [0.4, 0.5) is 5.69 Å². The number of carbonyl (C=O) groups excluding carboxylic acids is 1. The van der Waals surface area contributed by atoms with E-state index in [1.165, 1.54) is 6.20 Å². The third-order valence-electron chi connectivity index (χ3n) is 3.42. The van der Waals surface area contributed by atoms with Gasteiger partial charge in [-0.05, 0) is 23.6 Å². The first-order valence-corrected chi connectivity index (χ1v) is 6.08. The smallest absolute Gasteiger partial charge is 0.323 e. The summed E-state index contributed by atoms with van der Waals surface area (Å²) in [4.78, 5) is 29.9. The lowest BCUT2D eigenvalue weighted by molar-refractivity contribution is 0.0729. The summed E-state index contributed by atoms with van der Waals surface area (Å²) in [5, 5.41) is 0. The largest absolute Gasteiger partial charge is 0.398 e. The summed E-state index contributed by atoms with van der Waals surface area (Å²) in [6.07, 6.45) is 2.14. The van der Waals surface area contributed by atoms with Crippen LogP contribution in [0.25, 0.3) is 0 Å². The maximum Gasteiger partial charge on any atom is 0.323 e. The molecule has 6 nitrogen and oxygen atoms in total. The zero-order chi connectivity index (χ0) is 13.4. The summed E-state index contributed by atoms with van der Waals surface area (Å²) in [7, 11) is 0. The number of nitrogens with one attached hydrogen (secondary N) is 2. The van der Waals surface area contributed by atoms with Crippen molar-refractivity contribution in [3.05, 3.63) is 51.7 Å². The zero-order valence-corrected chi connectivity index (χ0v) is 10.3. The molecule has 2 aromatic rings. The fraction of sp³-hybridized carbons (Fsp3) is 0.231. The first kappa shape index (κ1) is 11.6. The predicted molar refractivity (Wildman–Crippen MR) is 70.7 cm³/mol. The fourth-order valence-electron chi connectivity index (χ4n) is 2.43. The molecule has 3 rings (SSSR count). The molecule has 0 radical (unpaired) electrons. The van der Waals surface area contributed by atoms with Gasteiger partial charge in [-0.15, -0.1) is 0 Å². The molecule has 0 unspecified atom stereocenters. The van der Waals surface area contributed by atoms with Gasteiger partial charge in [0.25, 0.3) is 5.91 Å². The van der Waals surface area contributed by atoms with Crippen LogP contribution in [0.1, 0.15) is 21.6 Å². The van der Waals surface area contributed by atoms with Gasteiger partial charge < -0.3 is 20.6 Å². The molecule has 0 aliphatic carbocycles. The van der Waals surface area contributed by atoms with Crippen LogP contribution in [-0.2, 0) is 13.0 Å². The zero-order valence-electron chi connectivity index (χ0n) is 10.3. The fourth-order valence-corrected chi connectivity index (χ4v) is 2.43. The van der Waals surface area contributed by atoms with Crippen molar-refractivity contribution in [2.45, 2.75) is 13.0 Å². The number of hydrogen-bond acceptors (Lipinski definition) is 3. The average Bonchev–Trinajstić information content (AvgIpc) is 2.84. The molecule has 1 aliphatic rings. The van der Waals surface area contributed by atoms with Crippen molar-refractivity contribution < 1.29 is 4.79 Å². The minimum absolute atomic E-state index is 0.175. The van der Waals surface area contributed by atoms with E-state index >= 15 is 0 Å². The Morgan fingerprint density at radius 1 is 1.37 bits per heavy atom. The van der Waals surface area contributed by atoms with E-state index in [0.717, 1.165) is 23.2 Å². The third kappa shape index (κ3) is 2.01. The monoisotopic (exact) mass is 258 g/mol. The van der Waals surface area contributed by atoms with E-state index in [1.54, 1.807) is 4.90 Å². The van der Waals surface area contributed by atoms with Crippen LogP contribution in [0.2, 0.25) is 0 Å². The van der Waals surface area contributed by atoms with Crippen LogP contribution >= 0.6 is 0 Å². The van der Waals surface area contributed by atoms with Gasteiger partial charge in [-0.25, -0.2) is 4.79 Å². The summed E-state index contributed by atoms with van der Waals surface area (Å²) in [5.74, 6) is -0.175. The number of aromatic amines is 2. The maximum atomic E-state index is 12.2. The number of hydrogen-bond donors (Lipinski definition) is 3. The lowest BCUT2D eigenvalue weighted by Gasteiger charge is -2.29. The molecule has 0 saturated carbocycles. The minimum atomic E-state index is -0.370. The number of fused-ring (bicyclic) bond motifs is 1. The van der Waals surface area contributed by atoms with Gasteiger partial charge in [-0.2, -0.15) is 0 Å².